The Morgan fingerprint density at radius 2 is 1.06 bits per heavy atom. The molecule has 1 spiro atoms. The van der Waals surface area contributed by atoms with E-state index in [0.29, 0.717) is 0 Å². The third kappa shape index (κ3) is 4.44. The molecular weight excluding hydrogens is 639 g/mol. The number of hydrogen-bond acceptors (Lipinski definition) is 1. The molecule has 0 bridgehead atoms. The van der Waals surface area contributed by atoms with Gasteiger partial charge in [-0.1, -0.05) is 172 Å². The standard InChI is InChI=1S/C52H41N/c1-4-38(53-48-31-15-14-30-46(48)51(2,3)47-34-37(32-33-49(47)53)35-18-6-5-7-19-35)22-16-20-36-21-17-26-42-41-25-10-13-29-45(41)52(50(36)42)43-27-11-8-23-39(43)40-24-9-12-28-44(40)52/h4-19,21-34H,20H2,1-3H3/b22-16-,38-4+. The van der Waals surface area contributed by atoms with E-state index in [1.807, 2.05) is 0 Å². The summed E-state index contributed by atoms with van der Waals surface area (Å²) >= 11 is 0. The maximum Gasteiger partial charge on any atom is 0.0728 e. The second-order valence-corrected chi connectivity index (χ2v) is 15.1. The van der Waals surface area contributed by atoms with Crippen molar-refractivity contribution >= 4 is 11.4 Å². The molecular formula is C52H41N. The molecule has 1 aliphatic heterocycles. The van der Waals surface area contributed by atoms with Crippen LogP contribution in [0.4, 0.5) is 11.4 Å². The van der Waals surface area contributed by atoms with E-state index < -0.39 is 0 Å². The molecule has 7 aromatic rings. The molecule has 0 saturated carbocycles. The fourth-order valence-corrected chi connectivity index (χ4v) is 9.81. The average molecular weight is 680 g/mol. The van der Waals surface area contributed by atoms with Crippen LogP contribution in [0.15, 0.2) is 188 Å². The molecule has 1 heterocycles. The maximum absolute atomic E-state index is 2.47. The Bertz CT molecular complexity index is 2570. The van der Waals surface area contributed by atoms with Gasteiger partial charge in [-0.15, -0.1) is 0 Å². The number of hydrogen-bond donors (Lipinski definition) is 0. The molecule has 0 atom stereocenters. The van der Waals surface area contributed by atoms with E-state index in [1.54, 1.807) is 0 Å². The van der Waals surface area contributed by atoms with Gasteiger partial charge in [-0.3, -0.25) is 0 Å². The average Bonchev–Trinajstić information content (AvgIpc) is 3.68. The van der Waals surface area contributed by atoms with Gasteiger partial charge in [0.05, 0.1) is 16.8 Å². The SMILES string of the molecule is C/C=C(\C=C/Cc1cccc2c1C1(c3ccccc3-c3ccccc31)c1ccccc1-2)N1c2ccccc2C(C)(C)c2cc(-c3ccccc3)ccc21. The van der Waals surface area contributed by atoms with E-state index >= 15 is 0 Å². The summed E-state index contributed by atoms with van der Waals surface area (Å²) in [7, 11) is 0. The van der Waals surface area contributed by atoms with Gasteiger partial charge in [0.25, 0.3) is 0 Å². The smallest absolute Gasteiger partial charge is 0.0728 e. The van der Waals surface area contributed by atoms with Crippen molar-refractivity contribution in [2.75, 3.05) is 4.90 Å². The number of fused-ring (bicyclic) bond motifs is 12. The third-order valence-corrected chi connectivity index (χ3v) is 12.1. The summed E-state index contributed by atoms with van der Waals surface area (Å²) in [6.07, 6.45) is 7.81. The molecule has 7 aromatic carbocycles. The lowest BCUT2D eigenvalue weighted by Gasteiger charge is -2.42. The first-order chi connectivity index (χ1) is 26.0. The van der Waals surface area contributed by atoms with E-state index in [-0.39, 0.29) is 10.8 Å². The van der Waals surface area contributed by atoms with Crippen molar-refractivity contribution in [1.82, 2.24) is 0 Å². The summed E-state index contributed by atoms with van der Waals surface area (Å²) in [5.41, 5.74) is 20.6. The molecule has 10 rings (SSSR count). The van der Waals surface area contributed by atoms with E-state index in [2.05, 4.69) is 208 Å². The summed E-state index contributed by atoms with van der Waals surface area (Å²) in [5, 5.41) is 0. The predicted octanol–water partition coefficient (Wildman–Crippen LogP) is 13.2. The number of benzene rings is 7. The highest BCUT2D eigenvalue weighted by Crippen LogP contribution is 2.63. The quantitative estimate of drug-likeness (QED) is 0.164. The van der Waals surface area contributed by atoms with E-state index in [1.165, 1.54) is 89.4 Å². The number of allylic oxidation sites excluding steroid dienone is 3. The largest absolute Gasteiger partial charge is 0.310 e. The van der Waals surface area contributed by atoms with Gasteiger partial charge in [-0.25, -0.2) is 0 Å². The van der Waals surface area contributed by atoms with Crippen molar-refractivity contribution in [3.63, 3.8) is 0 Å². The highest BCUT2D eigenvalue weighted by atomic mass is 15.2. The normalized spacial score (nSPS) is 15.5. The Hall–Kier alpha value is -6.18. The molecule has 254 valence electrons. The topological polar surface area (TPSA) is 3.24 Å². The van der Waals surface area contributed by atoms with Crippen molar-refractivity contribution in [2.45, 2.75) is 38.0 Å². The first kappa shape index (κ1) is 31.5. The summed E-state index contributed by atoms with van der Waals surface area (Å²) in [5.74, 6) is 0. The van der Waals surface area contributed by atoms with Gasteiger partial charge in [0.1, 0.15) is 0 Å². The summed E-state index contributed by atoms with van der Waals surface area (Å²) in [6, 6.07) is 60.9. The zero-order chi connectivity index (χ0) is 35.7. The lowest BCUT2D eigenvalue weighted by atomic mass is 9.69. The molecule has 3 aliphatic rings. The summed E-state index contributed by atoms with van der Waals surface area (Å²) < 4.78 is 0. The maximum atomic E-state index is 2.47. The van der Waals surface area contributed by atoms with Gasteiger partial charge in [0.2, 0.25) is 0 Å². The zero-order valence-corrected chi connectivity index (χ0v) is 30.5. The number of rotatable bonds is 5. The van der Waals surface area contributed by atoms with E-state index in [4.69, 9.17) is 0 Å². The Morgan fingerprint density at radius 1 is 0.509 bits per heavy atom. The lowest BCUT2D eigenvalue weighted by Crippen LogP contribution is -2.32. The molecule has 0 saturated heterocycles. The predicted molar refractivity (Wildman–Crippen MR) is 222 cm³/mol. The van der Waals surface area contributed by atoms with Crippen LogP contribution < -0.4 is 4.90 Å². The van der Waals surface area contributed by atoms with E-state index in [0.717, 1.165) is 6.42 Å². The number of para-hydroxylation sites is 1. The molecule has 0 unspecified atom stereocenters. The van der Waals surface area contributed by atoms with Crippen LogP contribution >= 0.6 is 0 Å². The van der Waals surface area contributed by atoms with Crippen LogP contribution in [0.3, 0.4) is 0 Å². The molecule has 53 heavy (non-hydrogen) atoms. The molecule has 0 radical (unpaired) electrons. The highest BCUT2D eigenvalue weighted by Gasteiger charge is 2.52. The summed E-state index contributed by atoms with van der Waals surface area (Å²) in [4.78, 5) is 2.47. The van der Waals surface area contributed by atoms with Crippen LogP contribution in [0.1, 0.15) is 59.7 Å². The van der Waals surface area contributed by atoms with Crippen LogP contribution in [0.2, 0.25) is 0 Å². The number of nitrogens with zero attached hydrogens (tertiary/aromatic N) is 1. The summed E-state index contributed by atoms with van der Waals surface area (Å²) in [6.45, 7) is 6.90. The first-order valence-corrected chi connectivity index (χ1v) is 18.9. The first-order valence-electron chi connectivity index (χ1n) is 18.9. The molecule has 1 heteroatoms. The fourth-order valence-electron chi connectivity index (χ4n) is 9.81. The van der Waals surface area contributed by atoms with Crippen molar-refractivity contribution in [1.29, 1.82) is 0 Å². The van der Waals surface area contributed by atoms with Crippen LogP contribution in [-0.2, 0) is 17.3 Å². The van der Waals surface area contributed by atoms with Crippen molar-refractivity contribution in [3.8, 4) is 33.4 Å². The zero-order valence-electron chi connectivity index (χ0n) is 30.5. The van der Waals surface area contributed by atoms with Gasteiger partial charge >= 0.3 is 0 Å². The molecule has 0 fully saturated rings. The monoisotopic (exact) mass is 679 g/mol. The molecule has 0 N–H and O–H groups in total. The van der Waals surface area contributed by atoms with Gasteiger partial charge < -0.3 is 4.90 Å². The lowest BCUT2D eigenvalue weighted by molar-refractivity contribution is 0.630. The molecule has 1 nitrogen and oxygen atoms in total. The second-order valence-electron chi connectivity index (χ2n) is 15.1. The minimum atomic E-state index is -0.347. The number of anilines is 2. The van der Waals surface area contributed by atoms with Gasteiger partial charge in [0, 0.05) is 11.1 Å². The second kappa shape index (κ2) is 11.9. The molecule has 0 amide bonds. The van der Waals surface area contributed by atoms with Crippen LogP contribution in [0.5, 0.6) is 0 Å². The van der Waals surface area contributed by atoms with Crippen molar-refractivity contribution in [3.05, 3.63) is 227 Å². The Balaban J connectivity index is 1.09. The minimum absolute atomic E-state index is 0.155. The van der Waals surface area contributed by atoms with Crippen molar-refractivity contribution < 1.29 is 0 Å². The van der Waals surface area contributed by atoms with Crippen LogP contribution in [0, 0.1) is 0 Å². The highest BCUT2D eigenvalue weighted by molar-refractivity contribution is 5.95. The van der Waals surface area contributed by atoms with Crippen LogP contribution in [0.25, 0.3) is 33.4 Å². The molecule has 2 aliphatic carbocycles. The fraction of sp³-hybridized carbons (Fsp3) is 0.115. The van der Waals surface area contributed by atoms with E-state index in [9.17, 15) is 0 Å². The Labute approximate surface area is 313 Å². The van der Waals surface area contributed by atoms with Gasteiger partial charge in [0.15, 0.2) is 0 Å². The Kier molecular flexibility index (Phi) is 7.10. The minimum Gasteiger partial charge on any atom is -0.310 e. The molecule has 0 aromatic heterocycles. The van der Waals surface area contributed by atoms with Gasteiger partial charge in [-0.2, -0.15) is 0 Å². The van der Waals surface area contributed by atoms with Gasteiger partial charge in [-0.05, 0) is 110 Å². The van der Waals surface area contributed by atoms with Crippen LogP contribution in [-0.4, -0.2) is 0 Å². The van der Waals surface area contributed by atoms with Crippen molar-refractivity contribution in [2.24, 2.45) is 0 Å². The Morgan fingerprint density at radius 3 is 1.72 bits per heavy atom. The third-order valence-electron chi connectivity index (χ3n) is 12.1.